The van der Waals surface area contributed by atoms with Crippen molar-refractivity contribution in [1.29, 1.82) is 0 Å². The number of aryl methyl sites for hydroxylation is 2. The number of nitrogens with zero attached hydrogens (tertiary/aromatic N) is 2. The predicted molar refractivity (Wildman–Crippen MR) is 81.6 cm³/mol. The lowest BCUT2D eigenvalue weighted by atomic mass is 10.2. The number of rotatable bonds is 9. The first-order chi connectivity index (χ1) is 8.27. The van der Waals surface area contributed by atoms with Crippen LogP contribution < -0.4 is 5.32 Å². The molecule has 0 aliphatic rings. The van der Waals surface area contributed by atoms with Gasteiger partial charge in [0.15, 0.2) is 0 Å². The summed E-state index contributed by atoms with van der Waals surface area (Å²) >= 11 is 2.45. The smallest absolute Gasteiger partial charge is 0.0625 e. The van der Waals surface area contributed by atoms with Crippen molar-refractivity contribution in [3.63, 3.8) is 0 Å². The molecule has 0 bridgehead atoms. The lowest BCUT2D eigenvalue weighted by Gasteiger charge is -2.04. The molecule has 0 unspecified atom stereocenters. The van der Waals surface area contributed by atoms with Crippen LogP contribution >= 0.6 is 22.6 Å². The van der Waals surface area contributed by atoms with E-state index >= 15 is 0 Å². The van der Waals surface area contributed by atoms with Gasteiger partial charge in [0.05, 0.1) is 11.4 Å². The van der Waals surface area contributed by atoms with Crippen molar-refractivity contribution in [2.75, 3.05) is 11.0 Å². The largest absolute Gasteiger partial charge is 0.311 e. The first-order valence-electron chi connectivity index (χ1n) is 6.56. The molecule has 98 valence electrons. The molecule has 1 rings (SSSR count). The molecule has 1 aromatic heterocycles. The Morgan fingerprint density at radius 3 is 2.71 bits per heavy atom. The van der Waals surface area contributed by atoms with Gasteiger partial charge in [0.2, 0.25) is 0 Å². The van der Waals surface area contributed by atoms with Crippen molar-refractivity contribution in [2.24, 2.45) is 7.05 Å². The molecule has 0 aliphatic carbocycles. The molecule has 1 aromatic rings. The van der Waals surface area contributed by atoms with Gasteiger partial charge in [-0.1, -0.05) is 42.4 Å². The van der Waals surface area contributed by atoms with E-state index < -0.39 is 0 Å². The Morgan fingerprint density at radius 1 is 1.29 bits per heavy atom. The van der Waals surface area contributed by atoms with Crippen molar-refractivity contribution < 1.29 is 0 Å². The number of alkyl halides is 1. The summed E-state index contributed by atoms with van der Waals surface area (Å²) in [6, 6.07) is 2.20. The van der Waals surface area contributed by atoms with Gasteiger partial charge < -0.3 is 5.32 Å². The normalized spacial score (nSPS) is 11.0. The zero-order valence-corrected chi connectivity index (χ0v) is 13.2. The van der Waals surface area contributed by atoms with Crippen molar-refractivity contribution in [3.05, 3.63) is 17.5 Å². The summed E-state index contributed by atoms with van der Waals surface area (Å²) in [7, 11) is 2.02. The molecule has 0 saturated heterocycles. The van der Waals surface area contributed by atoms with E-state index in [1.807, 2.05) is 11.7 Å². The van der Waals surface area contributed by atoms with E-state index in [1.165, 1.54) is 41.5 Å². The van der Waals surface area contributed by atoms with Crippen LogP contribution in [0.1, 0.15) is 44.0 Å². The van der Waals surface area contributed by atoms with Crippen molar-refractivity contribution in [3.8, 4) is 0 Å². The molecule has 1 heterocycles. The summed E-state index contributed by atoms with van der Waals surface area (Å²) < 4.78 is 3.28. The first-order valence-corrected chi connectivity index (χ1v) is 8.09. The highest BCUT2D eigenvalue weighted by molar-refractivity contribution is 14.1. The van der Waals surface area contributed by atoms with Crippen LogP contribution in [0.25, 0.3) is 0 Å². The minimum atomic E-state index is 0.940. The number of hydrogen-bond donors (Lipinski definition) is 1. The first kappa shape index (κ1) is 15.0. The summed E-state index contributed by atoms with van der Waals surface area (Å²) in [6.45, 7) is 4.20. The van der Waals surface area contributed by atoms with E-state index in [9.17, 15) is 0 Å². The molecule has 4 heteroatoms. The van der Waals surface area contributed by atoms with Crippen LogP contribution in [0.15, 0.2) is 6.07 Å². The Bertz CT molecular complexity index is 310. The van der Waals surface area contributed by atoms with E-state index in [2.05, 4.69) is 46.0 Å². The molecule has 3 nitrogen and oxygen atoms in total. The average Bonchev–Trinajstić information content (AvgIpc) is 2.69. The Balaban J connectivity index is 2.11. The Morgan fingerprint density at radius 2 is 2.06 bits per heavy atom. The van der Waals surface area contributed by atoms with Gasteiger partial charge in [-0.2, -0.15) is 5.10 Å². The summed E-state index contributed by atoms with van der Waals surface area (Å²) in [4.78, 5) is 0. The molecule has 0 atom stereocenters. The molecule has 0 aliphatic heterocycles. The van der Waals surface area contributed by atoms with Crippen LogP contribution in [0, 0.1) is 0 Å². The fourth-order valence-corrected chi connectivity index (χ4v) is 2.36. The minimum Gasteiger partial charge on any atom is -0.311 e. The third-order valence-corrected chi connectivity index (χ3v) is 3.70. The minimum absolute atomic E-state index is 0.940. The molecule has 1 N–H and O–H groups in total. The van der Waals surface area contributed by atoms with Gasteiger partial charge in [-0.05, 0) is 36.3 Å². The van der Waals surface area contributed by atoms with Crippen molar-refractivity contribution >= 4 is 22.6 Å². The maximum atomic E-state index is 4.44. The van der Waals surface area contributed by atoms with Crippen molar-refractivity contribution in [1.82, 2.24) is 15.1 Å². The topological polar surface area (TPSA) is 29.9 Å². The van der Waals surface area contributed by atoms with Crippen LogP contribution in [0.5, 0.6) is 0 Å². The van der Waals surface area contributed by atoms with Gasteiger partial charge in [-0.25, -0.2) is 0 Å². The predicted octanol–water partition coefficient (Wildman–Crippen LogP) is 3.07. The molecule has 0 spiro atoms. The van der Waals surface area contributed by atoms with Gasteiger partial charge in [0.25, 0.3) is 0 Å². The summed E-state index contributed by atoms with van der Waals surface area (Å²) in [6.07, 6.45) is 6.39. The van der Waals surface area contributed by atoms with Gasteiger partial charge in [0, 0.05) is 13.6 Å². The Labute approximate surface area is 118 Å². The van der Waals surface area contributed by atoms with E-state index in [0.717, 1.165) is 19.5 Å². The fraction of sp³-hybridized carbons (Fsp3) is 0.769. The van der Waals surface area contributed by atoms with Crippen LogP contribution in [0.2, 0.25) is 0 Å². The lowest BCUT2D eigenvalue weighted by molar-refractivity contribution is 0.578. The van der Waals surface area contributed by atoms with E-state index in [1.54, 1.807) is 0 Å². The third kappa shape index (κ3) is 5.86. The van der Waals surface area contributed by atoms with Gasteiger partial charge in [-0.15, -0.1) is 0 Å². The Hall–Kier alpha value is -0.100. The maximum Gasteiger partial charge on any atom is 0.0625 e. The van der Waals surface area contributed by atoms with E-state index in [4.69, 9.17) is 0 Å². The second kappa shape index (κ2) is 8.91. The number of nitrogens with one attached hydrogen (secondary N) is 1. The lowest BCUT2D eigenvalue weighted by Crippen LogP contribution is -2.16. The summed E-state index contributed by atoms with van der Waals surface area (Å²) in [5.41, 5.74) is 2.47. The second-order valence-corrected chi connectivity index (χ2v) is 5.46. The Kier molecular flexibility index (Phi) is 7.84. The van der Waals surface area contributed by atoms with Crippen LogP contribution in [0.4, 0.5) is 0 Å². The number of unbranched alkanes of at least 4 members (excludes halogenated alkanes) is 3. The van der Waals surface area contributed by atoms with E-state index in [-0.39, 0.29) is 0 Å². The molecule has 0 saturated carbocycles. The van der Waals surface area contributed by atoms with Gasteiger partial charge in [0.1, 0.15) is 0 Å². The summed E-state index contributed by atoms with van der Waals surface area (Å²) in [5, 5.41) is 7.94. The zero-order valence-electron chi connectivity index (χ0n) is 11.0. The van der Waals surface area contributed by atoms with Crippen LogP contribution in [-0.2, 0) is 20.0 Å². The zero-order chi connectivity index (χ0) is 12.5. The van der Waals surface area contributed by atoms with Gasteiger partial charge >= 0.3 is 0 Å². The quantitative estimate of drug-likeness (QED) is 0.422. The van der Waals surface area contributed by atoms with Crippen LogP contribution in [-0.4, -0.2) is 20.8 Å². The number of hydrogen-bond acceptors (Lipinski definition) is 2. The van der Waals surface area contributed by atoms with Crippen LogP contribution in [0.3, 0.4) is 0 Å². The molecule has 0 fully saturated rings. The van der Waals surface area contributed by atoms with Gasteiger partial charge in [-0.3, -0.25) is 4.68 Å². The molecular weight excluding hydrogens is 325 g/mol. The van der Waals surface area contributed by atoms with E-state index in [0.29, 0.717) is 0 Å². The monoisotopic (exact) mass is 349 g/mol. The highest BCUT2D eigenvalue weighted by Gasteiger charge is 2.02. The third-order valence-electron chi connectivity index (χ3n) is 2.93. The SMILES string of the molecule is CCc1cc(CNCCCCCCI)n(C)n1. The summed E-state index contributed by atoms with van der Waals surface area (Å²) in [5.74, 6) is 0. The molecular formula is C13H24IN3. The number of aromatic nitrogens is 2. The van der Waals surface area contributed by atoms with Crippen molar-refractivity contribution in [2.45, 2.75) is 45.6 Å². The average molecular weight is 349 g/mol. The number of halogens is 1. The maximum absolute atomic E-state index is 4.44. The molecule has 0 radical (unpaired) electrons. The standard InChI is InChI=1S/C13H24IN3/c1-3-12-10-13(17(2)16-12)11-15-9-7-5-4-6-8-14/h10,15H,3-9,11H2,1-2H3. The highest BCUT2D eigenvalue weighted by Crippen LogP contribution is 2.04. The molecule has 0 amide bonds. The molecule has 17 heavy (non-hydrogen) atoms. The second-order valence-electron chi connectivity index (χ2n) is 4.38. The fourth-order valence-electron chi connectivity index (χ4n) is 1.82. The highest BCUT2D eigenvalue weighted by atomic mass is 127. The molecule has 0 aromatic carbocycles.